The fraction of sp³-hybridized carbons (Fsp3) is 0.0556. The molecule has 0 aliphatic rings. The molecule has 0 saturated heterocycles. The summed E-state index contributed by atoms with van der Waals surface area (Å²) < 4.78 is 5.21. The molecular weight excluding hydrogens is 246 g/mol. The van der Waals surface area contributed by atoms with Gasteiger partial charge in [-0.05, 0) is 28.3 Å². The quantitative estimate of drug-likeness (QED) is 0.696. The number of benzene rings is 2. The topological polar surface area (TPSA) is 22.1 Å². The van der Waals surface area contributed by atoms with Crippen LogP contribution in [-0.4, -0.2) is 12.1 Å². The lowest BCUT2D eigenvalue weighted by atomic mass is 9.95. The molecule has 3 aromatic rings. The largest absolute Gasteiger partial charge is 0.481 e. The van der Waals surface area contributed by atoms with Crippen LogP contribution < -0.4 is 4.74 Å². The second-order valence-corrected chi connectivity index (χ2v) is 4.50. The second kappa shape index (κ2) is 5.57. The molecule has 0 aliphatic carbocycles. The van der Waals surface area contributed by atoms with Crippen LogP contribution in [0.25, 0.3) is 22.3 Å². The van der Waals surface area contributed by atoms with Crippen LogP contribution in [0.2, 0.25) is 0 Å². The first-order chi connectivity index (χ1) is 9.88. The Labute approximate surface area is 118 Å². The monoisotopic (exact) mass is 261 g/mol. The average molecular weight is 261 g/mol. The van der Waals surface area contributed by atoms with Gasteiger partial charge in [0, 0.05) is 12.3 Å². The third-order valence-electron chi connectivity index (χ3n) is 3.27. The summed E-state index contributed by atoms with van der Waals surface area (Å²) in [6.45, 7) is 0. The van der Waals surface area contributed by atoms with Crippen molar-refractivity contribution in [3.05, 3.63) is 72.9 Å². The van der Waals surface area contributed by atoms with Crippen molar-refractivity contribution in [1.29, 1.82) is 0 Å². The van der Waals surface area contributed by atoms with E-state index in [0.717, 1.165) is 5.56 Å². The minimum Gasteiger partial charge on any atom is -0.481 e. The number of pyridine rings is 1. The Morgan fingerprint density at radius 3 is 2.10 bits per heavy atom. The van der Waals surface area contributed by atoms with Crippen molar-refractivity contribution in [3.63, 3.8) is 0 Å². The molecule has 0 aliphatic heterocycles. The van der Waals surface area contributed by atoms with E-state index in [1.54, 1.807) is 13.3 Å². The first-order valence-electron chi connectivity index (χ1n) is 6.53. The maximum absolute atomic E-state index is 5.21. The van der Waals surface area contributed by atoms with Gasteiger partial charge in [0.25, 0.3) is 0 Å². The maximum atomic E-state index is 5.21. The molecule has 20 heavy (non-hydrogen) atoms. The Kier molecular flexibility index (Phi) is 3.46. The van der Waals surface area contributed by atoms with Gasteiger partial charge in [-0.1, -0.05) is 54.6 Å². The van der Waals surface area contributed by atoms with Crippen LogP contribution in [-0.2, 0) is 0 Å². The molecule has 3 rings (SSSR count). The SMILES string of the molecule is COc1cc(-c2ccccc2-c2ccccc2)ccn1. The smallest absolute Gasteiger partial charge is 0.213 e. The number of aromatic nitrogens is 1. The minimum absolute atomic E-state index is 0.630. The minimum atomic E-state index is 0.630. The van der Waals surface area contributed by atoms with Crippen LogP contribution in [0.1, 0.15) is 0 Å². The Balaban J connectivity index is 2.15. The van der Waals surface area contributed by atoms with Gasteiger partial charge in [-0.15, -0.1) is 0 Å². The van der Waals surface area contributed by atoms with Gasteiger partial charge in [0.2, 0.25) is 5.88 Å². The average Bonchev–Trinajstić information content (AvgIpc) is 2.56. The van der Waals surface area contributed by atoms with Gasteiger partial charge >= 0.3 is 0 Å². The fourth-order valence-corrected chi connectivity index (χ4v) is 2.29. The first kappa shape index (κ1) is 12.4. The summed E-state index contributed by atoms with van der Waals surface area (Å²) in [5, 5.41) is 0. The van der Waals surface area contributed by atoms with Crippen LogP contribution in [0, 0.1) is 0 Å². The molecule has 0 radical (unpaired) electrons. The molecule has 0 unspecified atom stereocenters. The summed E-state index contributed by atoms with van der Waals surface area (Å²) in [6, 6.07) is 22.7. The molecule has 0 fully saturated rings. The fourth-order valence-electron chi connectivity index (χ4n) is 2.29. The Hall–Kier alpha value is -2.61. The van der Waals surface area contributed by atoms with Crippen LogP contribution in [0.4, 0.5) is 0 Å². The van der Waals surface area contributed by atoms with E-state index < -0.39 is 0 Å². The molecule has 0 bridgehead atoms. The van der Waals surface area contributed by atoms with Crippen molar-refractivity contribution in [2.24, 2.45) is 0 Å². The lowest BCUT2D eigenvalue weighted by molar-refractivity contribution is 0.398. The number of hydrogen-bond acceptors (Lipinski definition) is 2. The van der Waals surface area contributed by atoms with Crippen molar-refractivity contribution < 1.29 is 4.74 Å². The van der Waals surface area contributed by atoms with E-state index >= 15 is 0 Å². The lowest BCUT2D eigenvalue weighted by Crippen LogP contribution is -1.89. The molecular formula is C18H15NO. The predicted octanol–water partition coefficient (Wildman–Crippen LogP) is 4.42. The Morgan fingerprint density at radius 1 is 0.750 bits per heavy atom. The summed E-state index contributed by atoms with van der Waals surface area (Å²) in [6.07, 6.45) is 1.77. The highest BCUT2D eigenvalue weighted by Crippen LogP contribution is 2.32. The van der Waals surface area contributed by atoms with Crippen LogP contribution >= 0.6 is 0 Å². The third-order valence-corrected chi connectivity index (χ3v) is 3.27. The standard InChI is InChI=1S/C18H15NO/c1-20-18-13-15(11-12-19-18)17-10-6-5-9-16(17)14-7-3-2-4-8-14/h2-13H,1H3. The van der Waals surface area contributed by atoms with Crippen LogP contribution in [0.15, 0.2) is 72.9 Å². The van der Waals surface area contributed by atoms with Gasteiger partial charge in [-0.2, -0.15) is 0 Å². The van der Waals surface area contributed by atoms with E-state index in [4.69, 9.17) is 4.74 Å². The maximum Gasteiger partial charge on any atom is 0.213 e. The number of nitrogens with zero attached hydrogens (tertiary/aromatic N) is 1. The number of rotatable bonds is 3. The summed E-state index contributed by atoms with van der Waals surface area (Å²) in [7, 11) is 1.63. The van der Waals surface area contributed by atoms with Gasteiger partial charge in [0.15, 0.2) is 0 Å². The summed E-state index contributed by atoms with van der Waals surface area (Å²) in [5.74, 6) is 0.630. The van der Waals surface area contributed by atoms with E-state index in [1.165, 1.54) is 16.7 Å². The Morgan fingerprint density at radius 2 is 1.40 bits per heavy atom. The molecule has 0 spiro atoms. The van der Waals surface area contributed by atoms with E-state index in [2.05, 4.69) is 53.5 Å². The van der Waals surface area contributed by atoms with Crippen LogP contribution in [0.3, 0.4) is 0 Å². The molecule has 0 atom stereocenters. The summed E-state index contributed by atoms with van der Waals surface area (Å²) in [5.41, 5.74) is 4.70. The molecule has 2 heteroatoms. The molecule has 1 heterocycles. The van der Waals surface area contributed by atoms with E-state index in [9.17, 15) is 0 Å². The normalized spacial score (nSPS) is 10.2. The van der Waals surface area contributed by atoms with Crippen molar-refractivity contribution in [3.8, 4) is 28.1 Å². The first-order valence-corrected chi connectivity index (χ1v) is 6.53. The van der Waals surface area contributed by atoms with Crippen molar-refractivity contribution >= 4 is 0 Å². The molecule has 0 amide bonds. The van der Waals surface area contributed by atoms with Gasteiger partial charge in [0.05, 0.1) is 7.11 Å². The van der Waals surface area contributed by atoms with Gasteiger partial charge in [-0.25, -0.2) is 4.98 Å². The zero-order chi connectivity index (χ0) is 13.8. The van der Waals surface area contributed by atoms with Crippen molar-refractivity contribution in [2.45, 2.75) is 0 Å². The number of ether oxygens (including phenoxy) is 1. The molecule has 0 saturated carbocycles. The highest BCUT2D eigenvalue weighted by molar-refractivity contribution is 5.83. The van der Waals surface area contributed by atoms with Crippen molar-refractivity contribution in [1.82, 2.24) is 4.98 Å². The molecule has 1 aromatic heterocycles. The van der Waals surface area contributed by atoms with Gasteiger partial charge in [-0.3, -0.25) is 0 Å². The molecule has 2 aromatic carbocycles. The van der Waals surface area contributed by atoms with Gasteiger partial charge in [0.1, 0.15) is 0 Å². The summed E-state index contributed by atoms with van der Waals surface area (Å²) >= 11 is 0. The van der Waals surface area contributed by atoms with Crippen molar-refractivity contribution in [2.75, 3.05) is 7.11 Å². The second-order valence-electron chi connectivity index (χ2n) is 4.50. The molecule has 0 N–H and O–H groups in total. The number of methoxy groups -OCH3 is 1. The Bertz CT molecular complexity index is 707. The molecule has 2 nitrogen and oxygen atoms in total. The highest BCUT2D eigenvalue weighted by Gasteiger charge is 2.07. The number of hydrogen-bond donors (Lipinski definition) is 0. The van der Waals surface area contributed by atoms with Gasteiger partial charge < -0.3 is 4.74 Å². The highest BCUT2D eigenvalue weighted by atomic mass is 16.5. The predicted molar refractivity (Wildman–Crippen MR) is 81.7 cm³/mol. The zero-order valence-corrected chi connectivity index (χ0v) is 11.3. The van der Waals surface area contributed by atoms with E-state index in [-0.39, 0.29) is 0 Å². The lowest BCUT2D eigenvalue weighted by Gasteiger charge is -2.10. The summed E-state index contributed by atoms with van der Waals surface area (Å²) in [4.78, 5) is 4.16. The zero-order valence-electron chi connectivity index (χ0n) is 11.3. The molecule has 98 valence electrons. The van der Waals surface area contributed by atoms with E-state index in [1.807, 2.05) is 18.2 Å². The third kappa shape index (κ3) is 2.41. The van der Waals surface area contributed by atoms with Crippen LogP contribution in [0.5, 0.6) is 5.88 Å². The van der Waals surface area contributed by atoms with E-state index in [0.29, 0.717) is 5.88 Å².